The Morgan fingerprint density at radius 3 is 2.50 bits per heavy atom. The molecule has 1 aromatic heterocycles. The molecule has 0 atom stereocenters. The van der Waals surface area contributed by atoms with E-state index >= 15 is 0 Å². The highest BCUT2D eigenvalue weighted by Crippen LogP contribution is 2.34. The van der Waals surface area contributed by atoms with Gasteiger partial charge in [0.15, 0.2) is 0 Å². The summed E-state index contributed by atoms with van der Waals surface area (Å²) in [4.78, 5) is 1.62. The van der Waals surface area contributed by atoms with Crippen molar-refractivity contribution in [3.8, 4) is 16.5 Å². The lowest BCUT2D eigenvalue weighted by Gasteiger charge is -2.00. The van der Waals surface area contributed by atoms with E-state index in [1.54, 1.807) is 0 Å². The topological polar surface area (TPSA) is 49.8 Å². The summed E-state index contributed by atoms with van der Waals surface area (Å²) in [6, 6.07) is 18.5. The zero-order valence-corrected chi connectivity index (χ0v) is 10.4. The van der Waals surface area contributed by atoms with Gasteiger partial charge in [0.2, 0.25) is 0 Å². The third-order valence-electron chi connectivity index (χ3n) is 2.90. The van der Waals surface area contributed by atoms with Gasteiger partial charge in [-0.25, -0.2) is 0 Å². The predicted octanol–water partition coefficient (Wildman–Crippen LogP) is 4.02. The zero-order valence-electron chi connectivity index (χ0n) is 9.55. The maximum absolute atomic E-state index is 8.93. The molecule has 3 heteroatoms. The first-order valence-corrected chi connectivity index (χ1v) is 6.38. The molecular formula is C15H10N2S. The van der Waals surface area contributed by atoms with Crippen LogP contribution in [0.15, 0.2) is 48.5 Å². The summed E-state index contributed by atoms with van der Waals surface area (Å²) < 4.78 is 0. The van der Waals surface area contributed by atoms with Crippen molar-refractivity contribution in [3.05, 3.63) is 53.4 Å². The lowest BCUT2D eigenvalue weighted by atomic mass is 10.1. The van der Waals surface area contributed by atoms with Crippen LogP contribution in [0.5, 0.6) is 0 Å². The predicted molar refractivity (Wildman–Crippen MR) is 76.4 cm³/mol. The van der Waals surface area contributed by atoms with Gasteiger partial charge in [-0.3, -0.25) is 0 Å². The van der Waals surface area contributed by atoms with Crippen molar-refractivity contribution in [1.82, 2.24) is 0 Å². The number of nitrogen functional groups attached to an aromatic ring is 1. The Hall–Kier alpha value is -2.31. The zero-order chi connectivity index (χ0) is 12.5. The van der Waals surface area contributed by atoms with Crippen LogP contribution < -0.4 is 5.73 Å². The molecule has 0 amide bonds. The Morgan fingerprint density at radius 1 is 1.00 bits per heavy atom. The summed E-state index contributed by atoms with van der Waals surface area (Å²) in [5.74, 6) is 0. The van der Waals surface area contributed by atoms with Crippen molar-refractivity contribution < 1.29 is 0 Å². The highest BCUT2D eigenvalue weighted by molar-refractivity contribution is 7.16. The normalized spacial score (nSPS) is 10.4. The number of nitrogens with two attached hydrogens (primary N) is 1. The Balaban J connectivity index is 2.16. The molecule has 0 aliphatic carbocycles. The molecule has 3 rings (SSSR count). The van der Waals surface area contributed by atoms with E-state index in [1.807, 2.05) is 18.2 Å². The lowest BCUT2D eigenvalue weighted by molar-refractivity contribution is 1.52. The maximum Gasteiger partial charge on any atom is 0.128 e. The van der Waals surface area contributed by atoms with E-state index < -0.39 is 0 Å². The molecule has 86 valence electrons. The largest absolute Gasteiger partial charge is 0.397 e. The molecule has 2 aromatic carbocycles. The summed E-state index contributed by atoms with van der Waals surface area (Å²) in [5.41, 5.74) is 7.45. The van der Waals surface area contributed by atoms with Gasteiger partial charge in [-0.05, 0) is 28.5 Å². The summed E-state index contributed by atoms with van der Waals surface area (Å²) in [6.45, 7) is 0. The van der Waals surface area contributed by atoms with Crippen LogP contribution in [0.3, 0.4) is 0 Å². The quantitative estimate of drug-likeness (QED) is 0.709. The van der Waals surface area contributed by atoms with Crippen molar-refractivity contribution in [3.63, 3.8) is 0 Å². The van der Waals surface area contributed by atoms with Gasteiger partial charge in [0.1, 0.15) is 10.9 Å². The van der Waals surface area contributed by atoms with E-state index in [1.165, 1.54) is 22.1 Å². The number of fused-ring (bicyclic) bond motifs is 1. The van der Waals surface area contributed by atoms with Gasteiger partial charge in [-0.15, -0.1) is 11.3 Å². The van der Waals surface area contributed by atoms with Crippen molar-refractivity contribution in [1.29, 1.82) is 5.26 Å². The monoisotopic (exact) mass is 250 g/mol. The molecule has 0 spiro atoms. The van der Waals surface area contributed by atoms with Gasteiger partial charge in [-0.1, -0.05) is 36.4 Å². The lowest BCUT2D eigenvalue weighted by Crippen LogP contribution is -1.81. The van der Waals surface area contributed by atoms with Crippen LogP contribution >= 0.6 is 11.3 Å². The van der Waals surface area contributed by atoms with Crippen LogP contribution in [0.4, 0.5) is 5.69 Å². The van der Waals surface area contributed by atoms with E-state index in [4.69, 9.17) is 11.0 Å². The molecule has 0 fully saturated rings. The Bertz CT molecular complexity index is 766. The fourth-order valence-corrected chi connectivity index (χ4v) is 2.85. The molecule has 0 bridgehead atoms. The second kappa shape index (κ2) is 4.17. The van der Waals surface area contributed by atoms with Crippen LogP contribution in [-0.4, -0.2) is 0 Å². The average Bonchev–Trinajstić information content (AvgIpc) is 2.79. The number of benzene rings is 2. The molecule has 2 nitrogen and oxygen atoms in total. The van der Waals surface area contributed by atoms with Crippen LogP contribution in [0.1, 0.15) is 4.88 Å². The van der Waals surface area contributed by atoms with E-state index in [9.17, 15) is 0 Å². The standard InChI is InChI=1S/C15H10N2S/c16-9-15-13(17)8-14(18-15)12-6-5-10-3-1-2-4-11(10)7-12/h1-8H,17H2. The smallest absolute Gasteiger partial charge is 0.128 e. The molecule has 0 radical (unpaired) electrons. The van der Waals surface area contributed by atoms with E-state index in [-0.39, 0.29) is 0 Å². The minimum absolute atomic E-state index is 0.561. The highest BCUT2D eigenvalue weighted by atomic mass is 32.1. The number of nitrogens with zero attached hydrogens (tertiary/aromatic N) is 1. The third-order valence-corrected chi connectivity index (χ3v) is 4.00. The van der Waals surface area contributed by atoms with E-state index in [0.717, 1.165) is 10.4 Å². The van der Waals surface area contributed by atoms with Gasteiger partial charge in [-0.2, -0.15) is 5.26 Å². The van der Waals surface area contributed by atoms with Crippen molar-refractivity contribution in [2.24, 2.45) is 0 Å². The minimum Gasteiger partial charge on any atom is -0.397 e. The van der Waals surface area contributed by atoms with Crippen molar-refractivity contribution >= 4 is 27.8 Å². The number of rotatable bonds is 1. The molecule has 0 unspecified atom stereocenters. The van der Waals surface area contributed by atoms with Gasteiger partial charge in [0.25, 0.3) is 0 Å². The molecule has 0 saturated heterocycles. The van der Waals surface area contributed by atoms with Crippen LogP contribution in [0.2, 0.25) is 0 Å². The Labute approximate surface area is 109 Å². The fraction of sp³-hybridized carbons (Fsp3) is 0. The molecule has 0 saturated carbocycles. The Morgan fingerprint density at radius 2 is 1.78 bits per heavy atom. The van der Waals surface area contributed by atoms with Crippen molar-refractivity contribution in [2.45, 2.75) is 0 Å². The van der Waals surface area contributed by atoms with Crippen molar-refractivity contribution in [2.75, 3.05) is 5.73 Å². The van der Waals surface area contributed by atoms with Gasteiger partial charge in [0.05, 0.1) is 5.69 Å². The van der Waals surface area contributed by atoms with Gasteiger partial charge < -0.3 is 5.73 Å². The molecule has 2 N–H and O–H groups in total. The van der Waals surface area contributed by atoms with E-state index in [0.29, 0.717) is 10.6 Å². The fourth-order valence-electron chi connectivity index (χ4n) is 1.98. The molecular weight excluding hydrogens is 240 g/mol. The van der Waals surface area contributed by atoms with Gasteiger partial charge >= 0.3 is 0 Å². The summed E-state index contributed by atoms with van der Waals surface area (Å²) >= 11 is 1.44. The molecule has 3 aromatic rings. The molecule has 1 heterocycles. The second-order valence-electron chi connectivity index (χ2n) is 4.07. The molecule has 18 heavy (non-hydrogen) atoms. The van der Waals surface area contributed by atoms with Gasteiger partial charge in [0, 0.05) is 4.88 Å². The number of hydrogen-bond acceptors (Lipinski definition) is 3. The number of thiophene rings is 1. The summed E-state index contributed by atoms with van der Waals surface area (Å²) in [6.07, 6.45) is 0. The third kappa shape index (κ3) is 1.73. The van der Waals surface area contributed by atoms with Crippen LogP contribution in [-0.2, 0) is 0 Å². The maximum atomic E-state index is 8.93. The van der Waals surface area contributed by atoms with Crippen LogP contribution in [0, 0.1) is 11.3 Å². The number of anilines is 1. The SMILES string of the molecule is N#Cc1sc(-c2ccc3ccccc3c2)cc1N. The first-order valence-electron chi connectivity index (χ1n) is 5.56. The van der Waals surface area contributed by atoms with E-state index in [2.05, 4.69) is 36.4 Å². The highest BCUT2D eigenvalue weighted by Gasteiger charge is 2.07. The molecule has 0 aliphatic heterocycles. The summed E-state index contributed by atoms with van der Waals surface area (Å²) in [7, 11) is 0. The Kier molecular flexibility index (Phi) is 2.51. The van der Waals surface area contributed by atoms with Crippen LogP contribution in [0.25, 0.3) is 21.2 Å². The summed E-state index contributed by atoms with van der Waals surface area (Å²) in [5, 5.41) is 11.3. The molecule has 0 aliphatic rings. The first kappa shape index (κ1) is 10.8. The number of nitriles is 1. The first-order chi connectivity index (χ1) is 8.78. The average molecular weight is 250 g/mol. The number of hydrogen-bond donors (Lipinski definition) is 1. The minimum atomic E-state index is 0.561. The second-order valence-corrected chi connectivity index (χ2v) is 5.12.